The maximum absolute atomic E-state index is 4.28. The third kappa shape index (κ3) is 4.02. The number of hydrogen-bond acceptors (Lipinski definition) is 2. The van der Waals surface area contributed by atoms with E-state index in [1.54, 1.807) is 0 Å². The molecule has 0 saturated heterocycles. The molecule has 2 atom stereocenters. The van der Waals surface area contributed by atoms with Crippen molar-refractivity contribution in [2.45, 2.75) is 38.6 Å². The first kappa shape index (κ1) is 13.4. The summed E-state index contributed by atoms with van der Waals surface area (Å²) in [5.74, 6) is 1.82. The Labute approximate surface area is 114 Å². The topological polar surface area (TPSA) is 36.4 Å². The van der Waals surface area contributed by atoms with Gasteiger partial charge >= 0.3 is 0 Å². The average molecular weight is 265 g/mol. The van der Waals surface area contributed by atoms with Gasteiger partial charge in [-0.2, -0.15) is 0 Å². The van der Waals surface area contributed by atoms with Crippen LogP contribution in [-0.4, -0.2) is 25.6 Å². The highest BCUT2D eigenvalue weighted by molar-refractivity contribution is 7.09. The van der Waals surface area contributed by atoms with Crippen molar-refractivity contribution in [3.8, 4) is 0 Å². The van der Waals surface area contributed by atoms with E-state index in [0.29, 0.717) is 6.04 Å². The standard InChI is InChI=1S/C14H23N3S/c1-3-5-11-10-13(11)17-14(15-2)16-8-7-12-6-4-9-18-12/h4,6,9,11,13H,3,5,7-8,10H2,1-2H3,(H2,15,16,17). The number of hydrogen-bond donors (Lipinski definition) is 2. The molecule has 4 heteroatoms. The zero-order valence-electron chi connectivity index (χ0n) is 11.3. The molecule has 1 aliphatic carbocycles. The van der Waals surface area contributed by atoms with Gasteiger partial charge in [-0.05, 0) is 36.6 Å². The minimum absolute atomic E-state index is 0.651. The molecular formula is C14H23N3S. The second kappa shape index (κ2) is 6.78. The van der Waals surface area contributed by atoms with Crippen LogP contribution in [0.15, 0.2) is 22.5 Å². The van der Waals surface area contributed by atoms with Crippen molar-refractivity contribution in [2.24, 2.45) is 10.9 Å². The average Bonchev–Trinajstić information content (AvgIpc) is 2.90. The number of nitrogens with zero attached hydrogens (tertiary/aromatic N) is 1. The normalized spacial score (nSPS) is 22.9. The van der Waals surface area contributed by atoms with Gasteiger partial charge < -0.3 is 10.6 Å². The van der Waals surface area contributed by atoms with E-state index in [0.717, 1.165) is 24.8 Å². The number of nitrogens with one attached hydrogen (secondary N) is 2. The summed E-state index contributed by atoms with van der Waals surface area (Å²) in [6.07, 6.45) is 5.00. The van der Waals surface area contributed by atoms with Crippen LogP contribution in [0.4, 0.5) is 0 Å². The maximum atomic E-state index is 4.28. The summed E-state index contributed by atoms with van der Waals surface area (Å²) in [6, 6.07) is 4.94. The fourth-order valence-corrected chi connectivity index (χ4v) is 2.95. The fourth-order valence-electron chi connectivity index (χ4n) is 2.24. The van der Waals surface area contributed by atoms with E-state index in [2.05, 4.69) is 40.1 Å². The molecule has 0 aromatic carbocycles. The molecule has 1 fully saturated rings. The Kier molecular flexibility index (Phi) is 5.05. The molecular weight excluding hydrogens is 242 g/mol. The van der Waals surface area contributed by atoms with Gasteiger partial charge in [0.2, 0.25) is 0 Å². The lowest BCUT2D eigenvalue weighted by Gasteiger charge is -2.11. The van der Waals surface area contributed by atoms with Gasteiger partial charge in [0.15, 0.2) is 5.96 Å². The molecule has 0 aliphatic heterocycles. The molecule has 1 saturated carbocycles. The van der Waals surface area contributed by atoms with Crippen LogP contribution >= 0.6 is 11.3 Å². The van der Waals surface area contributed by atoms with E-state index >= 15 is 0 Å². The van der Waals surface area contributed by atoms with E-state index in [-0.39, 0.29) is 0 Å². The number of guanidine groups is 1. The Hall–Kier alpha value is -1.03. The molecule has 1 heterocycles. The first-order valence-corrected chi connectivity index (χ1v) is 7.71. The Balaban J connectivity index is 1.64. The second-order valence-corrected chi connectivity index (χ2v) is 5.90. The van der Waals surface area contributed by atoms with E-state index < -0.39 is 0 Å². The summed E-state index contributed by atoms with van der Waals surface area (Å²) in [5, 5.41) is 9.01. The summed E-state index contributed by atoms with van der Waals surface area (Å²) >= 11 is 1.82. The van der Waals surface area contributed by atoms with Gasteiger partial charge in [0.05, 0.1) is 0 Å². The molecule has 0 bridgehead atoms. The van der Waals surface area contributed by atoms with Crippen LogP contribution in [0.1, 0.15) is 31.1 Å². The molecule has 1 aromatic rings. The number of thiophene rings is 1. The summed E-state index contributed by atoms with van der Waals surface area (Å²) < 4.78 is 0. The first-order valence-electron chi connectivity index (χ1n) is 6.83. The van der Waals surface area contributed by atoms with Crippen molar-refractivity contribution < 1.29 is 0 Å². The van der Waals surface area contributed by atoms with Crippen molar-refractivity contribution in [3.05, 3.63) is 22.4 Å². The molecule has 1 aliphatic rings. The minimum atomic E-state index is 0.651. The molecule has 2 rings (SSSR count). The van der Waals surface area contributed by atoms with Gasteiger partial charge in [0.25, 0.3) is 0 Å². The monoisotopic (exact) mass is 265 g/mol. The van der Waals surface area contributed by atoms with Crippen molar-refractivity contribution in [3.63, 3.8) is 0 Å². The summed E-state index contributed by atoms with van der Waals surface area (Å²) in [6.45, 7) is 3.20. The van der Waals surface area contributed by atoms with E-state index in [1.165, 1.54) is 24.1 Å². The summed E-state index contributed by atoms with van der Waals surface area (Å²) in [5.41, 5.74) is 0. The molecule has 100 valence electrons. The van der Waals surface area contributed by atoms with Crippen molar-refractivity contribution in [1.82, 2.24) is 10.6 Å². The molecule has 1 aromatic heterocycles. The Morgan fingerprint density at radius 2 is 2.44 bits per heavy atom. The van der Waals surface area contributed by atoms with Crippen LogP contribution in [0.3, 0.4) is 0 Å². The van der Waals surface area contributed by atoms with Crippen LogP contribution < -0.4 is 10.6 Å². The number of aliphatic imine (C=N–C) groups is 1. The lowest BCUT2D eigenvalue weighted by molar-refractivity contribution is 0.655. The SMILES string of the molecule is CCCC1CC1NC(=NC)NCCc1cccs1. The quantitative estimate of drug-likeness (QED) is 0.613. The Morgan fingerprint density at radius 1 is 1.56 bits per heavy atom. The predicted molar refractivity (Wildman–Crippen MR) is 79.3 cm³/mol. The molecule has 0 spiro atoms. The third-order valence-electron chi connectivity index (χ3n) is 3.37. The van der Waals surface area contributed by atoms with Crippen LogP contribution in [-0.2, 0) is 6.42 Å². The van der Waals surface area contributed by atoms with Gasteiger partial charge in [-0.25, -0.2) is 0 Å². The predicted octanol–water partition coefficient (Wildman–Crippen LogP) is 2.64. The lowest BCUT2D eigenvalue weighted by Crippen LogP contribution is -2.40. The third-order valence-corrected chi connectivity index (χ3v) is 4.31. The van der Waals surface area contributed by atoms with Crippen molar-refractivity contribution in [1.29, 1.82) is 0 Å². The highest BCUT2D eigenvalue weighted by Gasteiger charge is 2.36. The van der Waals surface area contributed by atoms with E-state index in [4.69, 9.17) is 0 Å². The zero-order valence-corrected chi connectivity index (χ0v) is 12.1. The van der Waals surface area contributed by atoms with Gasteiger partial charge in [-0.1, -0.05) is 19.4 Å². The van der Waals surface area contributed by atoms with Gasteiger partial charge in [0.1, 0.15) is 0 Å². The molecule has 0 radical (unpaired) electrons. The van der Waals surface area contributed by atoms with Gasteiger partial charge in [-0.3, -0.25) is 4.99 Å². The van der Waals surface area contributed by atoms with Crippen LogP contribution in [0.25, 0.3) is 0 Å². The smallest absolute Gasteiger partial charge is 0.191 e. The van der Waals surface area contributed by atoms with Crippen molar-refractivity contribution in [2.75, 3.05) is 13.6 Å². The molecule has 2 N–H and O–H groups in total. The Morgan fingerprint density at radius 3 is 3.11 bits per heavy atom. The first-order chi connectivity index (χ1) is 8.83. The Bertz CT molecular complexity index is 372. The van der Waals surface area contributed by atoms with Crippen LogP contribution in [0, 0.1) is 5.92 Å². The van der Waals surface area contributed by atoms with E-state index in [9.17, 15) is 0 Å². The molecule has 0 amide bonds. The molecule has 3 nitrogen and oxygen atoms in total. The van der Waals surface area contributed by atoms with E-state index in [1.807, 2.05) is 18.4 Å². The summed E-state index contributed by atoms with van der Waals surface area (Å²) in [4.78, 5) is 5.70. The number of rotatable bonds is 6. The fraction of sp³-hybridized carbons (Fsp3) is 0.643. The highest BCUT2D eigenvalue weighted by Crippen LogP contribution is 2.34. The largest absolute Gasteiger partial charge is 0.356 e. The second-order valence-electron chi connectivity index (χ2n) is 4.86. The maximum Gasteiger partial charge on any atom is 0.191 e. The minimum Gasteiger partial charge on any atom is -0.356 e. The zero-order chi connectivity index (χ0) is 12.8. The van der Waals surface area contributed by atoms with Gasteiger partial charge in [-0.15, -0.1) is 11.3 Å². The molecule has 2 unspecified atom stereocenters. The van der Waals surface area contributed by atoms with Gasteiger partial charge in [0, 0.05) is 24.5 Å². The van der Waals surface area contributed by atoms with Crippen molar-refractivity contribution >= 4 is 17.3 Å². The summed E-state index contributed by atoms with van der Waals surface area (Å²) in [7, 11) is 1.84. The van der Waals surface area contributed by atoms with Crippen LogP contribution in [0.2, 0.25) is 0 Å². The van der Waals surface area contributed by atoms with Crippen LogP contribution in [0.5, 0.6) is 0 Å². The molecule has 18 heavy (non-hydrogen) atoms. The lowest BCUT2D eigenvalue weighted by atomic mass is 10.2. The highest BCUT2D eigenvalue weighted by atomic mass is 32.1.